The summed E-state index contributed by atoms with van der Waals surface area (Å²) in [5, 5.41) is 14.3. The van der Waals surface area contributed by atoms with E-state index in [4.69, 9.17) is 4.98 Å². The van der Waals surface area contributed by atoms with Gasteiger partial charge in [-0.1, -0.05) is 30.3 Å². The van der Waals surface area contributed by atoms with Crippen LogP contribution in [0.15, 0.2) is 48.5 Å². The molecular weight excluding hydrogens is 417 g/mol. The molecule has 0 spiro atoms. The van der Waals surface area contributed by atoms with Gasteiger partial charge in [-0.15, -0.1) is 10.2 Å². The van der Waals surface area contributed by atoms with Gasteiger partial charge in [0, 0.05) is 30.1 Å². The van der Waals surface area contributed by atoms with Crippen LogP contribution in [0.4, 0.5) is 13.2 Å². The van der Waals surface area contributed by atoms with Crippen LogP contribution in [0, 0.1) is 13.8 Å². The SMILES string of the molecule is Cc1nn(-c2nnc3c4ccccc4n(C)c3n2)c(C)c1Cc1ccc(C(F)(F)F)cc1. The van der Waals surface area contributed by atoms with E-state index in [1.165, 1.54) is 12.1 Å². The molecule has 0 aliphatic heterocycles. The molecule has 0 saturated carbocycles. The summed E-state index contributed by atoms with van der Waals surface area (Å²) in [5.74, 6) is 0.350. The Morgan fingerprint density at radius 2 is 1.66 bits per heavy atom. The highest BCUT2D eigenvalue weighted by Gasteiger charge is 2.30. The third-order valence-electron chi connectivity index (χ3n) is 5.79. The third-order valence-corrected chi connectivity index (χ3v) is 5.79. The maximum atomic E-state index is 12.8. The minimum absolute atomic E-state index is 0.350. The van der Waals surface area contributed by atoms with Crippen molar-refractivity contribution in [2.24, 2.45) is 7.05 Å². The molecule has 0 radical (unpaired) electrons. The molecule has 3 aromatic heterocycles. The van der Waals surface area contributed by atoms with E-state index in [9.17, 15) is 13.2 Å². The Labute approximate surface area is 181 Å². The number of aromatic nitrogens is 6. The average molecular weight is 436 g/mol. The third kappa shape index (κ3) is 3.21. The lowest BCUT2D eigenvalue weighted by atomic mass is 10.0. The zero-order chi connectivity index (χ0) is 22.6. The van der Waals surface area contributed by atoms with Gasteiger partial charge in [-0.3, -0.25) is 0 Å². The average Bonchev–Trinajstić information content (AvgIpc) is 3.22. The fourth-order valence-electron chi connectivity index (χ4n) is 4.03. The van der Waals surface area contributed by atoms with E-state index >= 15 is 0 Å². The molecule has 5 aromatic rings. The van der Waals surface area contributed by atoms with Gasteiger partial charge in [0.25, 0.3) is 5.95 Å². The van der Waals surface area contributed by atoms with Crippen molar-refractivity contribution in [3.05, 3.63) is 76.6 Å². The lowest BCUT2D eigenvalue weighted by Gasteiger charge is -2.08. The standard InChI is InChI=1S/C23H19F3N6/c1-13-18(12-15-8-10-16(11-9-15)23(24,25)26)14(2)32(30-13)22-27-21-20(28-29-22)17-6-4-5-7-19(17)31(21)3/h4-11H,12H2,1-3H3. The molecule has 2 aromatic carbocycles. The molecular formula is C23H19F3N6. The van der Waals surface area contributed by atoms with Gasteiger partial charge in [-0.05, 0) is 37.6 Å². The number of benzene rings is 2. The number of rotatable bonds is 3. The molecule has 0 aliphatic carbocycles. The predicted octanol–water partition coefficient (Wildman–Crippen LogP) is 4.93. The number of alkyl halides is 3. The molecule has 3 heterocycles. The van der Waals surface area contributed by atoms with Crippen molar-refractivity contribution < 1.29 is 13.2 Å². The van der Waals surface area contributed by atoms with Crippen molar-refractivity contribution in [2.75, 3.05) is 0 Å². The van der Waals surface area contributed by atoms with E-state index in [-0.39, 0.29) is 0 Å². The van der Waals surface area contributed by atoms with E-state index in [0.29, 0.717) is 18.0 Å². The summed E-state index contributed by atoms with van der Waals surface area (Å²) < 4.78 is 42.1. The Kier molecular flexibility index (Phi) is 4.51. The predicted molar refractivity (Wildman–Crippen MR) is 115 cm³/mol. The Morgan fingerprint density at radius 1 is 0.938 bits per heavy atom. The van der Waals surface area contributed by atoms with Crippen LogP contribution in [0.5, 0.6) is 0 Å². The van der Waals surface area contributed by atoms with Crippen molar-refractivity contribution in [2.45, 2.75) is 26.4 Å². The quantitative estimate of drug-likeness (QED) is 0.402. The zero-order valence-electron chi connectivity index (χ0n) is 17.6. The smallest absolute Gasteiger partial charge is 0.327 e. The fraction of sp³-hybridized carbons (Fsp3) is 0.217. The van der Waals surface area contributed by atoms with E-state index in [1.807, 2.05) is 49.7 Å². The summed E-state index contributed by atoms with van der Waals surface area (Å²) >= 11 is 0. The minimum Gasteiger partial charge on any atom is -0.327 e. The van der Waals surface area contributed by atoms with Crippen LogP contribution in [0.25, 0.3) is 28.0 Å². The van der Waals surface area contributed by atoms with Crippen LogP contribution in [0.1, 0.15) is 28.1 Å². The Hall–Kier alpha value is -3.75. The lowest BCUT2D eigenvalue weighted by molar-refractivity contribution is -0.137. The molecule has 32 heavy (non-hydrogen) atoms. The monoisotopic (exact) mass is 436 g/mol. The van der Waals surface area contributed by atoms with Gasteiger partial charge < -0.3 is 4.57 Å². The first-order chi connectivity index (χ1) is 15.2. The summed E-state index contributed by atoms with van der Waals surface area (Å²) in [4.78, 5) is 4.71. The summed E-state index contributed by atoms with van der Waals surface area (Å²) in [7, 11) is 1.93. The molecule has 0 atom stereocenters. The first-order valence-electron chi connectivity index (χ1n) is 10.0. The molecule has 0 fully saturated rings. The largest absolute Gasteiger partial charge is 0.416 e. The van der Waals surface area contributed by atoms with Crippen LogP contribution in [-0.2, 0) is 19.6 Å². The highest BCUT2D eigenvalue weighted by molar-refractivity contribution is 6.03. The second-order valence-corrected chi connectivity index (χ2v) is 7.79. The van der Waals surface area contributed by atoms with Crippen molar-refractivity contribution >= 4 is 22.1 Å². The summed E-state index contributed by atoms with van der Waals surface area (Å²) in [6.07, 6.45) is -3.89. The van der Waals surface area contributed by atoms with Crippen molar-refractivity contribution in [1.82, 2.24) is 29.5 Å². The Bertz CT molecular complexity index is 1460. The number of halogens is 3. The van der Waals surface area contributed by atoms with Gasteiger partial charge in [0.2, 0.25) is 0 Å². The van der Waals surface area contributed by atoms with Crippen LogP contribution in [0.3, 0.4) is 0 Å². The van der Waals surface area contributed by atoms with Gasteiger partial charge in [0.1, 0.15) is 5.52 Å². The molecule has 0 amide bonds. The fourth-order valence-corrected chi connectivity index (χ4v) is 4.03. The molecule has 0 unspecified atom stereocenters. The zero-order valence-corrected chi connectivity index (χ0v) is 17.6. The van der Waals surface area contributed by atoms with Gasteiger partial charge in [0.05, 0.1) is 16.8 Å². The highest BCUT2D eigenvalue weighted by atomic mass is 19.4. The molecule has 6 nitrogen and oxygen atoms in total. The number of hydrogen-bond acceptors (Lipinski definition) is 4. The summed E-state index contributed by atoms with van der Waals surface area (Å²) in [6.45, 7) is 3.76. The van der Waals surface area contributed by atoms with Crippen LogP contribution >= 0.6 is 0 Å². The first-order valence-corrected chi connectivity index (χ1v) is 10.0. The van der Waals surface area contributed by atoms with Gasteiger partial charge in [-0.25, -0.2) is 4.68 Å². The minimum atomic E-state index is -4.35. The van der Waals surface area contributed by atoms with Crippen molar-refractivity contribution in [3.8, 4) is 5.95 Å². The van der Waals surface area contributed by atoms with Crippen LogP contribution in [-0.4, -0.2) is 29.5 Å². The van der Waals surface area contributed by atoms with Gasteiger partial charge in [-0.2, -0.15) is 23.3 Å². The number of fused-ring (bicyclic) bond motifs is 3. The molecule has 5 rings (SSSR count). The van der Waals surface area contributed by atoms with E-state index < -0.39 is 11.7 Å². The summed E-state index contributed by atoms with van der Waals surface area (Å²) in [5.41, 5.74) is 5.06. The number of aryl methyl sites for hydroxylation is 2. The van der Waals surface area contributed by atoms with Crippen molar-refractivity contribution in [3.63, 3.8) is 0 Å². The second kappa shape index (κ2) is 7.15. The Morgan fingerprint density at radius 3 is 2.38 bits per heavy atom. The molecule has 0 aliphatic rings. The summed E-state index contributed by atoms with van der Waals surface area (Å²) in [6, 6.07) is 13.1. The first kappa shape index (κ1) is 20.2. The molecule has 0 N–H and O–H groups in total. The maximum Gasteiger partial charge on any atom is 0.416 e. The molecule has 0 bridgehead atoms. The number of nitrogens with zero attached hydrogens (tertiary/aromatic N) is 6. The van der Waals surface area contributed by atoms with Crippen LogP contribution in [0.2, 0.25) is 0 Å². The number of hydrogen-bond donors (Lipinski definition) is 0. The van der Waals surface area contributed by atoms with E-state index in [1.54, 1.807) is 4.68 Å². The number of para-hydroxylation sites is 1. The van der Waals surface area contributed by atoms with E-state index in [0.717, 1.165) is 51.1 Å². The second-order valence-electron chi connectivity index (χ2n) is 7.79. The molecule has 162 valence electrons. The lowest BCUT2D eigenvalue weighted by Crippen LogP contribution is -2.08. The van der Waals surface area contributed by atoms with Gasteiger partial charge in [0.15, 0.2) is 5.65 Å². The van der Waals surface area contributed by atoms with Crippen molar-refractivity contribution in [1.29, 1.82) is 0 Å². The van der Waals surface area contributed by atoms with Gasteiger partial charge >= 0.3 is 6.18 Å². The van der Waals surface area contributed by atoms with E-state index in [2.05, 4.69) is 15.3 Å². The molecule has 0 saturated heterocycles. The molecule has 9 heteroatoms. The van der Waals surface area contributed by atoms with Crippen LogP contribution < -0.4 is 0 Å². The highest BCUT2D eigenvalue weighted by Crippen LogP contribution is 2.30. The topological polar surface area (TPSA) is 61.4 Å². The normalized spacial score (nSPS) is 12.2. The Balaban J connectivity index is 1.53. The maximum absolute atomic E-state index is 12.8.